The predicted octanol–water partition coefficient (Wildman–Crippen LogP) is 3.89. The molecule has 1 saturated heterocycles. The van der Waals surface area contributed by atoms with Gasteiger partial charge in [0.05, 0.1) is 32.4 Å². The third-order valence-corrected chi connectivity index (χ3v) is 7.82. The molecule has 0 radical (unpaired) electrons. The molecule has 0 bridgehead atoms. The minimum Gasteiger partial charge on any atom is -0.497 e. The number of ether oxygens (including phenoxy) is 2. The van der Waals surface area contributed by atoms with E-state index < -0.39 is 18.1 Å². The topological polar surface area (TPSA) is 91.9 Å². The van der Waals surface area contributed by atoms with E-state index in [0.717, 1.165) is 39.0 Å². The number of H-pyrrole nitrogens is 1. The number of piperazine rings is 1. The van der Waals surface area contributed by atoms with Crippen molar-refractivity contribution >= 4 is 28.7 Å². The number of nitrogens with zero attached hydrogens (tertiary/aromatic N) is 2. The van der Waals surface area contributed by atoms with E-state index in [1.165, 1.54) is 7.11 Å². The number of benzene rings is 3. The Morgan fingerprint density at radius 2 is 1.72 bits per heavy atom. The van der Waals surface area contributed by atoms with Gasteiger partial charge in [-0.1, -0.05) is 42.5 Å². The molecular weight excluding hydrogens is 494 g/mol. The van der Waals surface area contributed by atoms with Crippen molar-refractivity contribution in [3.8, 4) is 5.75 Å². The first-order valence-electron chi connectivity index (χ1n) is 13.0. The van der Waals surface area contributed by atoms with Gasteiger partial charge in [-0.15, -0.1) is 0 Å². The monoisotopic (exact) mass is 523 g/mol. The molecule has 3 heterocycles. The van der Waals surface area contributed by atoms with E-state index in [1.54, 1.807) is 29.0 Å². The number of hydrogen-bond acceptors (Lipinski definition) is 5. The fraction of sp³-hybridized carbons (Fsp3) is 0.258. The number of hydrogen-bond donors (Lipinski definition) is 1. The molecular formula is C31H29N3O5. The number of aromatic nitrogens is 1. The highest BCUT2D eigenvalue weighted by Crippen LogP contribution is 2.42. The molecule has 1 fully saturated rings. The number of amides is 2. The average Bonchev–Trinajstić information content (AvgIpc) is 3.35. The van der Waals surface area contributed by atoms with Crippen molar-refractivity contribution in [3.63, 3.8) is 0 Å². The second-order valence-corrected chi connectivity index (χ2v) is 9.96. The van der Waals surface area contributed by atoms with E-state index in [2.05, 4.69) is 4.98 Å². The van der Waals surface area contributed by atoms with Gasteiger partial charge in [-0.25, -0.2) is 4.79 Å². The summed E-state index contributed by atoms with van der Waals surface area (Å²) < 4.78 is 10.1. The third-order valence-electron chi connectivity index (χ3n) is 7.82. The number of nitrogens with one attached hydrogen (secondary N) is 1. The number of rotatable bonds is 6. The summed E-state index contributed by atoms with van der Waals surface area (Å²) in [7, 11) is 2.97. The van der Waals surface area contributed by atoms with Crippen LogP contribution in [0.3, 0.4) is 0 Å². The molecule has 3 aromatic carbocycles. The van der Waals surface area contributed by atoms with E-state index in [-0.39, 0.29) is 18.4 Å². The van der Waals surface area contributed by atoms with E-state index in [1.807, 2.05) is 60.7 Å². The van der Waals surface area contributed by atoms with Gasteiger partial charge in [-0.2, -0.15) is 0 Å². The van der Waals surface area contributed by atoms with Crippen molar-refractivity contribution in [1.82, 2.24) is 14.8 Å². The summed E-state index contributed by atoms with van der Waals surface area (Å²) in [6, 6.07) is 21.8. The molecule has 0 spiro atoms. The molecule has 8 heteroatoms. The Morgan fingerprint density at radius 1 is 0.974 bits per heavy atom. The number of esters is 1. The SMILES string of the molecule is COC(=O)c1ccc(C2c3[nH]c4ccccc4c3C[C@@H]3C(=O)N(CCc4ccc(OC)cc4)CC(=O)N23)cc1. The van der Waals surface area contributed by atoms with E-state index >= 15 is 0 Å². The van der Waals surface area contributed by atoms with Crippen LogP contribution >= 0.6 is 0 Å². The highest BCUT2D eigenvalue weighted by molar-refractivity contribution is 5.97. The summed E-state index contributed by atoms with van der Waals surface area (Å²) in [6.07, 6.45) is 1.09. The zero-order valence-electron chi connectivity index (χ0n) is 21.8. The van der Waals surface area contributed by atoms with Gasteiger partial charge in [0, 0.05) is 29.6 Å². The maximum Gasteiger partial charge on any atom is 0.337 e. The Labute approximate surface area is 226 Å². The number of fused-ring (bicyclic) bond motifs is 4. The van der Waals surface area contributed by atoms with Crippen LogP contribution in [-0.2, 0) is 27.2 Å². The van der Waals surface area contributed by atoms with Gasteiger partial charge in [0.2, 0.25) is 11.8 Å². The fourth-order valence-electron chi connectivity index (χ4n) is 5.83. The van der Waals surface area contributed by atoms with Gasteiger partial charge >= 0.3 is 5.97 Å². The van der Waals surface area contributed by atoms with Gasteiger partial charge in [0.1, 0.15) is 11.8 Å². The number of carbonyl (C=O) groups excluding carboxylic acids is 3. The lowest BCUT2D eigenvalue weighted by molar-refractivity contribution is -0.158. The van der Waals surface area contributed by atoms with Crippen LogP contribution in [0.5, 0.6) is 5.75 Å². The third kappa shape index (κ3) is 4.31. The lowest BCUT2D eigenvalue weighted by Gasteiger charge is -2.47. The van der Waals surface area contributed by atoms with E-state index in [9.17, 15) is 14.4 Å². The Kier molecular flexibility index (Phi) is 6.30. The molecule has 198 valence electrons. The van der Waals surface area contributed by atoms with Crippen LogP contribution in [-0.4, -0.2) is 65.9 Å². The first-order chi connectivity index (χ1) is 19.0. The summed E-state index contributed by atoms with van der Waals surface area (Å²) in [5.41, 5.74) is 5.25. The summed E-state index contributed by atoms with van der Waals surface area (Å²) in [5, 5.41) is 1.05. The molecule has 8 nitrogen and oxygen atoms in total. The number of aromatic amines is 1. The van der Waals surface area contributed by atoms with Crippen molar-refractivity contribution in [1.29, 1.82) is 0 Å². The molecule has 1 aromatic heterocycles. The van der Waals surface area contributed by atoms with Crippen LogP contribution in [0.4, 0.5) is 0 Å². The summed E-state index contributed by atoms with van der Waals surface area (Å²) in [6.45, 7) is 0.484. The minimum absolute atomic E-state index is 0.0256. The Hall–Kier alpha value is -4.59. The fourth-order valence-corrected chi connectivity index (χ4v) is 5.83. The Bertz CT molecular complexity index is 1560. The molecule has 1 N–H and O–H groups in total. The Balaban J connectivity index is 1.35. The van der Waals surface area contributed by atoms with Crippen molar-refractivity contribution < 1.29 is 23.9 Å². The largest absolute Gasteiger partial charge is 0.497 e. The van der Waals surface area contributed by atoms with Crippen LogP contribution in [0.25, 0.3) is 10.9 Å². The van der Waals surface area contributed by atoms with Gasteiger partial charge in [0.15, 0.2) is 0 Å². The molecule has 2 aliphatic heterocycles. The molecule has 39 heavy (non-hydrogen) atoms. The number of para-hydroxylation sites is 1. The summed E-state index contributed by atoms with van der Waals surface area (Å²) >= 11 is 0. The molecule has 6 rings (SSSR count). The van der Waals surface area contributed by atoms with Crippen LogP contribution in [0.1, 0.15) is 38.8 Å². The lowest BCUT2D eigenvalue weighted by atomic mass is 9.86. The molecule has 2 atom stereocenters. The van der Waals surface area contributed by atoms with Crippen LogP contribution in [0.2, 0.25) is 0 Å². The standard InChI is InChI=1S/C31H29N3O5/c1-38-22-13-7-19(8-14-22)15-16-33-18-27(35)34-26(30(33)36)17-24-23-5-3-4-6-25(23)32-28(24)29(34)20-9-11-21(12-10-20)31(37)39-2/h3-14,26,29,32H,15-18H2,1-2H3/t26-,29?/m1/s1. The minimum atomic E-state index is -0.612. The van der Waals surface area contributed by atoms with Crippen molar-refractivity contribution in [2.24, 2.45) is 0 Å². The molecule has 0 saturated carbocycles. The van der Waals surface area contributed by atoms with Crippen LogP contribution < -0.4 is 4.74 Å². The maximum absolute atomic E-state index is 13.9. The van der Waals surface area contributed by atoms with Crippen LogP contribution in [0.15, 0.2) is 72.8 Å². The second kappa shape index (κ2) is 9.94. The average molecular weight is 524 g/mol. The maximum atomic E-state index is 13.9. The zero-order chi connectivity index (χ0) is 27.1. The predicted molar refractivity (Wildman–Crippen MR) is 146 cm³/mol. The summed E-state index contributed by atoms with van der Waals surface area (Å²) in [4.78, 5) is 46.6. The van der Waals surface area contributed by atoms with Gasteiger partial charge in [-0.3, -0.25) is 9.59 Å². The quantitative estimate of drug-likeness (QED) is 0.387. The number of carbonyl (C=O) groups is 3. The molecule has 2 amide bonds. The van der Waals surface area contributed by atoms with Gasteiger partial charge < -0.3 is 24.3 Å². The van der Waals surface area contributed by atoms with Crippen molar-refractivity contribution in [2.45, 2.75) is 24.9 Å². The van der Waals surface area contributed by atoms with Gasteiger partial charge in [-0.05, 0) is 53.4 Å². The van der Waals surface area contributed by atoms with Crippen molar-refractivity contribution in [2.75, 3.05) is 27.3 Å². The summed E-state index contributed by atoms with van der Waals surface area (Å²) in [5.74, 6) is 0.211. The second-order valence-electron chi connectivity index (χ2n) is 9.96. The lowest BCUT2D eigenvalue weighted by Crippen LogP contribution is -2.63. The molecule has 0 aliphatic carbocycles. The van der Waals surface area contributed by atoms with Gasteiger partial charge in [0.25, 0.3) is 0 Å². The normalized spacial score (nSPS) is 18.6. The van der Waals surface area contributed by atoms with Crippen LogP contribution in [0, 0.1) is 0 Å². The smallest absolute Gasteiger partial charge is 0.337 e. The molecule has 2 aliphatic rings. The first kappa shape index (κ1) is 24.7. The molecule has 1 unspecified atom stereocenters. The zero-order valence-corrected chi connectivity index (χ0v) is 21.8. The van der Waals surface area contributed by atoms with Crippen molar-refractivity contribution in [3.05, 3.63) is 101 Å². The number of methoxy groups -OCH3 is 2. The Morgan fingerprint density at radius 3 is 2.44 bits per heavy atom. The highest BCUT2D eigenvalue weighted by Gasteiger charge is 2.48. The van der Waals surface area contributed by atoms with E-state index in [0.29, 0.717) is 24.9 Å². The molecule has 4 aromatic rings. The first-order valence-corrected chi connectivity index (χ1v) is 13.0. The van der Waals surface area contributed by atoms with E-state index in [4.69, 9.17) is 9.47 Å². The highest BCUT2D eigenvalue weighted by atomic mass is 16.5.